The number of benzene rings is 2. The van der Waals surface area contributed by atoms with E-state index in [0.29, 0.717) is 33.3 Å². The highest BCUT2D eigenvalue weighted by molar-refractivity contribution is 6.39. The van der Waals surface area contributed by atoms with Gasteiger partial charge in [0.2, 0.25) is 5.91 Å². The highest BCUT2D eigenvalue weighted by Crippen LogP contribution is 2.44. The number of nitrogens with one attached hydrogen (secondary N) is 2. The molecule has 0 aliphatic heterocycles. The molecule has 0 saturated heterocycles. The van der Waals surface area contributed by atoms with Gasteiger partial charge in [-0.3, -0.25) is 4.79 Å². The number of aromatic nitrogens is 1. The van der Waals surface area contributed by atoms with Crippen LogP contribution in [0.2, 0.25) is 15.1 Å². The normalized spacial score (nSPS) is 11.1. The Kier molecular flexibility index (Phi) is 8.62. The van der Waals surface area contributed by atoms with Crippen LogP contribution in [-0.2, 0) is 4.79 Å². The maximum atomic E-state index is 15.2. The maximum Gasteiger partial charge on any atom is 0.247 e. The number of anilines is 3. The van der Waals surface area contributed by atoms with Gasteiger partial charge < -0.3 is 20.1 Å². The van der Waals surface area contributed by atoms with Gasteiger partial charge in [-0.15, -0.1) is 0 Å². The van der Waals surface area contributed by atoms with Gasteiger partial charge in [0.05, 0.1) is 41.2 Å². The van der Waals surface area contributed by atoms with Gasteiger partial charge in [0.1, 0.15) is 23.1 Å². The molecule has 3 rings (SSSR count). The van der Waals surface area contributed by atoms with E-state index in [1.807, 2.05) is 0 Å². The molecule has 0 saturated carbocycles. The van der Waals surface area contributed by atoms with Crippen LogP contribution in [-0.4, -0.2) is 25.1 Å². The summed E-state index contributed by atoms with van der Waals surface area (Å²) in [4.78, 5) is 16.1. The van der Waals surface area contributed by atoms with E-state index in [2.05, 4.69) is 22.2 Å². The molecule has 2 N–H and O–H groups in total. The van der Waals surface area contributed by atoms with Crippen molar-refractivity contribution in [2.75, 3.05) is 24.9 Å². The molecule has 1 amide bonds. The first-order chi connectivity index (χ1) is 16.7. The Labute approximate surface area is 217 Å². The summed E-state index contributed by atoms with van der Waals surface area (Å²) in [5.74, 6) is -0.174. The monoisotopic (exact) mass is 535 g/mol. The zero-order valence-corrected chi connectivity index (χ0v) is 21.3. The molecule has 0 spiro atoms. The third-order valence-corrected chi connectivity index (χ3v) is 6.15. The van der Waals surface area contributed by atoms with E-state index in [4.69, 9.17) is 44.3 Å². The Morgan fingerprint density at radius 2 is 1.74 bits per heavy atom. The number of hydrogen-bond acceptors (Lipinski definition) is 5. The van der Waals surface area contributed by atoms with Crippen LogP contribution in [0.25, 0.3) is 11.9 Å². The number of rotatable bonds is 8. The predicted molar refractivity (Wildman–Crippen MR) is 141 cm³/mol. The van der Waals surface area contributed by atoms with Crippen LogP contribution in [0.1, 0.15) is 16.7 Å². The Bertz CT molecular complexity index is 1280. The molecular formula is C25H21Cl3FN3O3. The SMILES string of the molecule is C=CC(=O)Nc1ccc(Cl)c(C)c1Nc1ccc(/C=C(\F)c2c(Cl)c(OC)cc(OC)c2Cl)cn1. The highest BCUT2D eigenvalue weighted by Gasteiger charge is 2.20. The molecule has 6 nitrogen and oxygen atoms in total. The number of ether oxygens (including phenoxy) is 2. The molecule has 2 aromatic carbocycles. The van der Waals surface area contributed by atoms with Crippen molar-refractivity contribution in [3.05, 3.63) is 80.9 Å². The Morgan fingerprint density at radius 3 is 2.29 bits per heavy atom. The molecular weight excluding hydrogens is 516 g/mol. The first kappa shape index (κ1) is 26.3. The van der Waals surface area contributed by atoms with Crippen LogP contribution in [0.5, 0.6) is 11.5 Å². The molecule has 3 aromatic rings. The van der Waals surface area contributed by atoms with Crippen molar-refractivity contribution in [2.24, 2.45) is 0 Å². The number of amides is 1. The zero-order chi connectivity index (χ0) is 25.7. The van der Waals surface area contributed by atoms with Crippen LogP contribution in [0.15, 0.2) is 49.2 Å². The molecule has 182 valence electrons. The second-order valence-corrected chi connectivity index (χ2v) is 8.33. The van der Waals surface area contributed by atoms with Crippen molar-refractivity contribution in [3.8, 4) is 11.5 Å². The molecule has 0 bridgehead atoms. The van der Waals surface area contributed by atoms with E-state index in [0.717, 1.165) is 6.08 Å². The van der Waals surface area contributed by atoms with E-state index in [1.165, 1.54) is 32.6 Å². The number of carbonyl (C=O) groups excluding carboxylic acids is 1. The lowest BCUT2D eigenvalue weighted by molar-refractivity contribution is -0.111. The van der Waals surface area contributed by atoms with Gasteiger partial charge in [0.15, 0.2) is 0 Å². The Hall–Kier alpha value is -3.26. The summed E-state index contributed by atoms with van der Waals surface area (Å²) in [5.41, 5.74) is 2.18. The lowest BCUT2D eigenvalue weighted by Crippen LogP contribution is -2.10. The summed E-state index contributed by atoms with van der Waals surface area (Å²) < 4.78 is 25.6. The summed E-state index contributed by atoms with van der Waals surface area (Å²) in [6.07, 6.45) is 3.87. The molecule has 10 heteroatoms. The number of carbonyl (C=O) groups is 1. The minimum Gasteiger partial charge on any atom is -0.495 e. The quantitative estimate of drug-likeness (QED) is 0.289. The summed E-state index contributed by atoms with van der Waals surface area (Å²) in [6, 6.07) is 8.12. The fourth-order valence-corrected chi connectivity index (χ4v) is 3.98. The first-order valence-electron chi connectivity index (χ1n) is 10.1. The summed E-state index contributed by atoms with van der Waals surface area (Å²) in [6.45, 7) is 5.26. The van der Waals surface area contributed by atoms with Crippen molar-refractivity contribution in [1.29, 1.82) is 0 Å². The minimum atomic E-state index is -0.695. The molecule has 0 aliphatic carbocycles. The summed E-state index contributed by atoms with van der Waals surface area (Å²) in [7, 11) is 2.82. The van der Waals surface area contributed by atoms with Gasteiger partial charge in [-0.2, -0.15) is 0 Å². The Morgan fingerprint density at radius 1 is 1.09 bits per heavy atom. The molecule has 0 atom stereocenters. The third kappa shape index (κ3) is 5.88. The van der Waals surface area contributed by atoms with E-state index in [1.54, 1.807) is 31.2 Å². The number of halogens is 4. The van der Waals surface area contributed by atoms with Crippen LogP contribution in [0.4, 0.5) is 21.6 Å². The highest BCUT2D eigenvalue weighted by atomic mass is 35.5. The van der Waals surface area contributed by atoms with Crippen molar-refractivity contribution in [1.82, 2.24) is 4.98 Å². The third-order valence-electron chi connectivity index (χ3n) is 4.99. The van der Waals surface area contributed by atoms with E-state index >= 15 is 4.39 Å². The molecule has 1 heterocycles. The lowest BCUT2D eigenvalue weighted by Gasteiger charge is -2.16. The largest absolute Gasteiger partial charge is 0.495 e. The maximum absolute atomic E-state index is 15.2. The minimum absolute atomic E-state index is 0.0174. The molecule has 0 fully saturated rings. The van der Waals surface area contributed by atoms with Crippen LogP contribution < -0.4 is 20.1 Å². The number of methoxy groups -OCH3 is 2. The number of hydrogen-bond donors (Lipinski definition) is 2. The fraction of sp³-hybridized carbons (Fsp3) is 0.120. The van der Waals surface area contributed by atoms with E-state index in [9.17, 15) is 4.79 Å². The molecule has 35 heavy (non-hydrogen) atoms. The van der Waals surface area contributed by atoms with Gasteiger partial charge in [-0.1, -0.05) is 41.4 Å². The van der Waals surface area contributed by atoms with Gasteiger partial charge in [0.25, 0.3) is 0 Å². The molecule has 0 unspecified atom stereocenters. The topological polar surface area (TPSA) is 72.5 Å². The van der Waals surface area contributed by atoms with Gasteiger partial charge in [-0.05, 0) is 54.5 Å². The summed E-state index contributed by atoms with van der Waals surface area (Å²) >= 11 is 18.8. The van der Waals surface area contributed by atoms with Crippen LogP contribution >= 0.6 is 34.8 Å². The Balaban J connectivity index is 1.92. The fourth-order valence-electron chi connectivity index (χ4n) is 3.14. The van der Waals surface area contributed by atoms with Crippen molar-refractivity contribution in [3.63, 3.8) is 0 Å². The van der Waals surface area contributed by atoms with E-state index in [-0.39, 0.29) is 33.0 Å². The van der Waals surface area contributed by atoms with Crippen LogP contribution in [0, 0.1) is 6.92 Å². The average molecular weight is 537 g/mol. The van der Waals surface area contributed by atoms with Gasteiger partial charge in [0, 0.05) is 17.3 Å². The van der Waals surface area contributed by atoms with Gasteiger partial charge >= 0.3 is 0 Å². The second-order valence-electron chi connectivity index (χ2n) is 7.17. The number of pyridine rings is 1. The lowest BCUT2D eigenvalue weighted by atomic mass is 10.1. The second kappa shape index (κ2) is 11.4. The van der Waals surface area contributed by atoms with E-state index < -0.39 is 5.83 Å². The zero-order valence-electron chi connectivity index (χ0n) is 19.0. The van der Waals surface area contributed by atoms with Gasteiger partial charge in [-0.25, -0.2) is 9.37 Å². The van der Waals surface area contributed by atoms with Crippen molar-refractivity contribution >= 4 is 69.8 Å². The number of nitrogens with zero attached hydrogens (tertiary/aromatic N) is 1. The van der Waals surface area contributed by atoms with Crippen molar-refractivity contribution < 1.29 is 18.7 Å². The standard InChI is InChI=1S/C25H21Cl3FN3O3/c1-5-21(33)31-17-8-7-15(26)13(2)25(17)32-20-9-6-14(12-30-20)10-16(29)22-23(27)18(34-3)11-19(35-4)24(22)28/h5-12H,1H2,2-4H3,(H,30,32)(H,31,33)/b16-10-. The molecule has 0 aliphatic rings. The van der Waals surface area contributed by atoms with Crippen molar-refractivity contribution in [2.45, 2.75) is 6.92 Å². The molecule has 0 radical (unpaired) electrons. The summed E-state index contributed by atoms with van der Waals surface area (Å²) in [5, 5.41) is 6.40. The first-order valence-corrected chi connectivity index (χ1v) is 11.3. The predicted octanol–water partition coefficient (Wildman–Crippen LogP) is 7.70. The average Bonchev–Trinajstić information content (AvgIpc) is 2.85. The smallest absolute Gasteiger partial charge is 0.247 e. The van der Waals surface area contributed by atoms with Crippen LogP contribution in [0.3, 0.4) is 0 Å². The molecule has 1 aromatic heterocycles.